The lowest BCUT2D eigenvalue weighted by molar-refractivity contribution is -0.156. The Labute approximate surface area is 195 Å². The molecule has 2 fully saturated rings. The first-order valence-electron chi connectivity index (χ1n) is 11.5. The Morgan fingerprint density at radius 3 is 2.41 bits per heavy atom. The highest BCUT2D eigenvalue weighted by Gasteiger charge is 2.41. The zero-order valence-corrected chi connectivity index (χ0v) is 18.7. The van der Waals surface area contributed by atoms with E-state index in [0.717, 1.165) is 0 Å². The van der Waals surface area contributed by atoms with E-state index < -0.39 is 18.8 Å². The lowest BCUT2D eigenvalue weighted by Gasteiger charge is -2.35. The summed E-state index contributed by atoms with van der Waals surface area (Å²) in [6, 6.07) is 12.6. The average molecular weight is 478 g/mol. The van der Waals surface area contributed by atoms with Crippen LogP contribution in [0.5, 0.6) is 0 Å². The van der Waals surface area contributed by atoms with Crippen LogP contribution in [0.2, 0.25) is 0 Å². The standard InChI is InChI=1S/C25H27F4N3O2/c26-21-8-2-1-7-20(21)18-5-3-6-19(15-18)30-23(33)17-10-13-31(14-11-17)24(34)22-9-4-12-32(22)16-25(27,28)29/h1-3,5-8,15,17,22H,4,9-14,16H2,(H,30,33)/t22-/m0/s1. The molecule has 0 aliphatic carbocycles. The second-order valence-electron chi connectivity index (χ2n) is 8.89. The highest BCUT2D eigenvalue weighted by atomic mass is 19.4. The Balaban J connectivity index is 1.32. The van der Waals surface area contributed by atoms with Crippen LogP contribution in [0.1, 0.15) is 25.7 Å². The van der Waals surface area contributed by atoms with Gasteiger partial charge in [-0.2, -0.15) is 13.2 Å². The summed E-state index contributed by atoms with van der Waals surface area (Å²) in [5.74, 6) is -1.12. The first-order chi connectivity index (χ1) is 16.2. The summed E-state index contributed by atoms with van der Waals surface area (Å²) >= 11 is 0. The summed E-state index contributed by atoms with van der Waals surface area (Å²) in [4.78, 5) is 28.4. The molecule has 2 aromatic rings. The number of halogens is 4. The second kappa shape index (κ2) is 10.1. The number of likely N-dealkylation sites (tertiary alicyclic amines) is 2. The third-order valence-corrected chi connectivity index (χ3v) is 6.52. The number of nitrogens with one attached hydrogen (secondary N) is 1. The molecule has 1 atom stereocenters. The molecule has 2 heterocycles. The smallest absolute Gasteiger partial charge is 0.341 e. The Kier molecular flexibility index (Phi) is 7.21. The Morgan fingerprint density at radius 1 is 0.971 bits per heavy atom. The van der Waals surface area contributed by atoms with Gasteiger partial charge in [0.2, 0.25) is 11.8 Å². The van der Waals surface area contributed by atoms with Gasteiger partial charge in [-0.05, 0) is 56.0 Å². The van der Waals surface area contributed by atoms with Crippen molar-refractivity contribution in [3.05, 3.63) is 54.3 Å². The lowest BCUT2D eigenvalue weighted by Crippen LogP contribution is -2.51. The van der Waals surface area contributed by atoms with Crippen molar-refractivity contribution in [3.63, 3.8) is 0 Å². The quantitative estimate of drug-likeness (QED) is 0.636. The number of piperidine rings is 1. The fourth-order valence-electron chi connectivity index (χ4n) is 4.80. The number of hydrogen-bond acceptors (Lipinski definition) is 3. The minimum absolute atomic E-state index is 0.183. The molecule has 0 unspecified atom stereocenters. The molecule has 1 N–H and O–H groups in total. The summed E-state index contributed by atoms with van der Waals surface area (Å²) in [6.45, 7) is -0.139. The molecule has 0 saturated carbocycles. The van der Waals surface area contributed by atoms with E-state index in [9.17, 15) is 27.2 Å². The lowest BCUT2D eigenvalue weighted by atomic mass is 9.95. The van der Waals surface area contributed by atoms with E-state index in [1.165, 1.54) is 11.0 Å². The van der Waals surface area contributed by atoms with E-state index in [1.54, 1.807) is 47.4 Å². The van der Waals surface area contributed by atoms with E-state index in [4.69, 9.17) is 0 Å². The van der Waals surface area contributed by atoms with Crippen LogP contribution >= 0.6 is 0 Å². The second-order valence-corrected chi connectivity index (χ2v) is 8.89. The van der Waals surface area contributed by atoms with Crippen molar-refractivity contribution in [2.75, 3.05) is 31.5 Å². The number of carbonyl (C=O) groups is 2. The molecule has 2 aliphatic heterocycles. The van der Waals surface area contributed by atoms with Crippen LogP contribution in [0.4, 0.5) is 23.2 Å². The average Bonchev–Trinajstić information content (AvgIpc) is 3.25. The number of anilines is 1. The van der Waals surface area contributed by atoms with Gasteiger partial charge in [0, 0.05) is 30.3 Å². The predicted octanol–water partition coefficient (Wildman–Crippen LogP) is 4.70. The molecule has 2 amide bonds. The number of nitrogens with zero attached hydrogens (tertiary/aromatic N) is 2. The minimum atomic E-state index is -4.34. The highest BCUT2D eigenvalue weighted by Crippen LogP contribution is 2.28. The van der Waals surface area contributed by atoms with Crippen molar-refractivity contribution in [1.82, 2.24) is 9.80 Å². The topological polar surface area (TPSA) is 52.7 Å². The summed E-state index contributed by atoms with van der Waals surface area (Å²) in [7, 11) is 0. The molecule has 0 bridgehead atoms. The van der Waals surface area contributed by atoms with Crippen LogP contribution in [0, 0.1) is 11.7 Å². The molecule has 34 heavy (non-hydrogen) atoms. The van der Waals surface area contributed by atoms with Gasteiger partial charge >= 0.3 is 6.18 Å². The number of amides is 2. The largest absolute Gasteiger partial charge is 0.401 e. The first-order valence-corrected chi connectivity index (χ1v) is 11.5. The number of rotatable bonds is 5. The van der Waals surface area contributed by atoms with Crippen LogP contribution in [0.25, 0.3) is 11.1 Å². The van der Waals surface area contributed by atoms with Crippen LogP contribution in [0.3, 0.4) is 0 Å². The van der Waals surface area contributed by atoms with Crippen LogP contribution < -0.4 is 5.32 Å². The van der Waals surface area contributed by atoms with Crippen molar-refractivity contribution in [3.8, 4) is 11.1 Å². The number of hydrogen-bond donors (Lipinski definition) is 1. The fraction of sp³-hybridized carbons (Fsp3) is 0.440. The van der Waals surface area contributed by atoms with E-state index in [-0.39, 0.29) is 30.1 Å². The van der Waals surface area contributed by atoms with Gasteiger partial charge in [0.15, 0.2) is 0 Å². The van der Waals surface area contributed by atoms with Crippen LogP contribution in [0.15, 0.2) is 48.5 Å². The molecule has 0 aromatic heterocycles. The molecule has 0 spiro atoms. The molecule has 182 valence electrons. The molecule has 2 aliphatic rings. The monoisotopic (exact) mass is 477 g/mol. The van der Waals surface area contributed by atoms with Gasteiger partial charge in [-0.15, -0.1) is 0 Å². The molecule has 0 radical (unpaired) electrons. The maximum absolute atomic E-state index is 14.1. The normalized spacial score (nSPS) is 19.9. The number of carbonyl (C=O) groups excluding carboxylic acids is 2. The first kappa shape index (κ1) is 24.2. The van der Waals surface area contributed by atoms with Crippen LogP contribution in [-0.2, 0) is 9.59 Å². The SMILES string of the molecule is O=C(Nc1cccc(-c2ccccc2F)c1)C1CCN(C(=O)[C@@H]2CCCN2CC(F)(F)F)CC1. The highest BCUT2D eigenvalue weighted by molar-refractivity contribution is 5.93. The maximum atomic E-state index is 14.1. The number of benzene rings is 2. The molecule has 4 rings (SSSR count). The van der Waals surface area contributed by atoms with Crippen molar-refractivity contribution < 1.29 is 27.2 Å². The molecule has 2 aromatic carbocycles. The summed E-state index contributed by atoms with van der Waals surface area (Å²) in [5.41, 5.74) is 1.64. The summed E-state index contributed by atoms with van der Waals surface area (Å²) in [6.07, 6.45) is -2.46. The Bertz CT molecular complexity index is 1030. The van der Waals surface area contributed by atoms with Crippen molar-refractivity contribution in [2.45, 2.75) is 37.9 Å². The number of alkyl halides is 3. The molecule has 5 nitrogen and oxygen atoms in total. The molecule has 2 saturated heterocycles. The van der Waals surface area contributed by atoms with Gasteiger partial charge in [-0.25, -0.2) is 4.39 Å². The Hall–Kier alpha value is -2.94. The van der Waals surface area contributed by atoms with Gasteiger partial charge in [0.25, 0.3) is 0 Å². The summed E-state index contributed by atoms with van der Waals surface area (Å²) < 4.78 is 52.6. The van der Waals surface area contributed by atoms with E-state index >= 15 is 0 Å². The zero-order chi connectivity index (χ0) is 24.3. The van der Waals surface area contributed by atoms with Gasteiger partial charge in [0.1, 0.15) is 5.82 Å². The van der Waals surface area contributed by atoms with Gasteiger partial charge < -0.3 is 10.2 Å². The third kappa shape index (κ3) is 5.75. The van der Waals surface area contributed by atoms with Crippen molar-refractivity contribution in [2.24, 2.45) is 5.92 Å². The van der Waals surface area contributed by atoms with Gasteiger partial charge in [-0.1, -0.05) is 30.3 Å². The predicted molar refractivity (Wildman–Crippen MR) is 120 cm³/mol. The summed E-state index contributed by atoms with van der Waals surface area (Å²) in [5, 5.41) is 2.88. The van der Waals surface area contributed by atoms with Crippen LogP contribution in [-0.4, -0.2) is 60.0 Å². The van der Waals surface area contributed by atoms with E-state index in [0.29, 0.717) is 55.6 Å². The van der Waals surface area contributed by atoms with Gasteiger partial charge in [-0.3, -0.25) is 14.5 Å². The fourth-order valence-corrected chi connectivity index (χ4v) is 4.80. The minimum Gasteiger partial charge on any atom is -0.341 e. The zero-order valence-electron chi connectivity index (χ0n) is 18.7. The Morgan fingerprint density at radius 2 is 1.71 bits per heavy atom. The van der Waals surface area contributed by atoms with E-state index in [1.807, 2.05) is 0 Å². The molecular weight excluding hydrogens is 450 g/mol. The van der Waals surface area contributed by atoms with Crippen molar-refractivity contribution in [1.29, 1.82) is 0 Å². The van der Waals surface area contributed by atoms with E-state index in [2.05, 4.69) is 5.32 Å². The maximum Gasteiger partial charge on any atom is 0.401 e. The molecular formula is C25H27F4N3O2. The molecule has 9 heteroatoms. The third-order valence-electron chi connectivity index (χ3n) is 6.52. The van der Waals surface area contributed by atoms with Gasteiger partial charge in [0.05, 0.1) is 12.6 Å². The van der Waals surface area contributed by atoms with Crippen molar-refractivity contribution >= 4 is 17.5 Å².